The van der Waals surface area contributed by atoms with Gasteiger partial charge < -0.3 is 19.4 Å². The summed E-state index contributed by atoms with van der Waals surface area (Å²) in [6.07, 6.45) is 0. The van der Waals surface area contributed by atoms with Crippen LogP contribution in [-0.4, -0.2) is 42.4 Å². The third-order valence-electron chi connectivity index (χ3n) is 4.24. The van der Waals surface area contributed by atoms with E-state index < -0.39 is 0 Å². The van der Waals surface area contributed by atoms with Gasteiger partial charge in [-0.15, -0.1) is 0 Å². The van der Waals surface area contributed by atoms with Crippen molar-refractivity contribution in [2.75, 3.05) is 26.0 Å². The van der Waals surface area contributed by atoms with Gasteiger partial charge in [0.05, 0.1) is 0 Å². The SMILES string of the molecule is CN(C)C(=O)COc1cccc(C(=O)Nc2ccc3oc(C(C)(C)C)nc3c2)c1. The number of ether oxygens (including phenoxy) is 1. The summed E-state index contributed by atoms with van der Waals surface area (Å²) in [5.74, 6) is 0.659. The van der Waals surface area contributed by atoms with Gasteiger partial charge in [0.15, 0.2) is 12.2 Å². The average molecular weight is 395 g/mol. The van der Waals surface area contributed by atoms with Gasteiger partial charge in [-0.2, -0.15) is 0 Å². The third kappa shape index (κ3) is 4.93. The second-order valence-electron chi connectivity index (χ2n) is 8.01. The molecule has 152 valence electrons. The van der Waals surface area contributed by atoms with Crippen LogP contribution in [0.4, 0.5) is 5.69 Å². The Kier molecular flexibility index (Phi) is 5.59. The number of hydrogen-bond acceptors (Lipinski definition) is 5. The van der Waals surface area contributed by atoms with Crippen LogP contribution in [-0.2, 0) is 10.2 Å². The molecule has 2 amide bonds. The van der Waals surface area contributed by atoms with E-state index in [1.165, 1.54) is 4.90 Å². The molecular weight excluding hydrogens is 370 g/mol. The number of carbonyl (C=O) groups is 2. The predicted octanol–water partition coefficient (Wildman–Crippen LogP) is 3.84. The highest BCUT2D eigenvalue weighted by Crippen LogP contribution is 2.27. The summed E-state index contributed by atoms with van der Waals surface area (Å²) in [4.78, 5) is 30.2. The fourth-order valence-electron chi connectivity index (χ4n) is 2.53. The maximum absolute atomic E-state index is 12.6. The fourth-order valence-corrected chi connectivity index (χ4v) is 2.53. The van der Waals surface area contributed by atoms with Crippen LogP contribution in [0.2, 0.25) is 0 Å². The molecule has 0 aliphatic rings. The number of fused-ring (bicyclic) bond motifs is 1. The zero-order valence-corrected chi connectivity index (χ0v) is 17.3. The van der Waals surface area contributed by atoms with Gasteiger partial charge in [-0.1, -0.05) is 26.8 Å². The number of anilines is 1. The molecule has 7 nitrogen and oxygen atoms in total. The zero-order chi connectivity index (χ0) is 21.2. The van der Waals surface area contributed by atoms with Gasteiger partial charge in [0.1, 0.15) is 11.3 Å². The Bertz CT molecular complexity index is 1050. The number of likely N-dealkylation sites (N-methyl/N-ethyl adjacent to an activating group) is 1. The van der Waals surface area contributed by atoms with E-state index in [2.05, 4.69) is 10.3 Å². The first kappa shape index (κ1) is 20.4. The molecule has 0 fully saturated rings. The molecule has 3 rings (SSSR count). The number of nitrogens with one attached hydrogen (secondary N) is 1. The largest absolute Gasteiger partial charge is 0.484 e. The molecule has 0 saturated carbocycles. The van der Waals surface area contributed by atoms with Crippen LogP contribution in [0.15, 0.2) is 46.9 Å². The van der Waals surface area contributed by atoms with Gasteiger partial charge in [-0.25, -0.2) is 4.98 Å². The van der Waals surface area contributed by atoms with Crippen LogP contribution in [0, 0.1) is 0 Å². The Morgan fingerprint density at radius 2 is 1.90 bits per heavy atom. The monoisotopic (exact) mass is 395 g/mol. The summed E-state index contributed by atoms with van der Waals surface area (Å²) in [6.45, 7) is 6.00. The number of nitrogens with zero attached hydrogens (tertiary/aromatic N) is 2. The molecule has 0 aliphatic carbocycles. The molecule has 7 heteroatoms. The molecule has 29 heavy (non-hydrogen) atoms. The van der Waals surface area contributed by atoms with E-state index >= 15 is 0 Å². The van der Waals surface area contributed by atoms with Gasteiger partial charge in [0.25, 0.3) is 11.8 Å². The van der Waals surface area contributed by atoms with Crippen LogP contribution in [0.5, 0.6) is 5.75 Å². The standard InChI is InChI=1S/C22H25N3O4/c1-22(2,3)21-24-17-12-15(9-10-18(17)29-21)23-20(27)14-7-6-8-16(11-14)28-13-19(26)25(4)5/h6-12H,13H2,1-5H3,(H,23,27). The predicted molar refractivity (Wildman–Crippen MR) is 111 cm³/mol. The van der Waals surface area contributed by atoms with Gasteiger partial charge in [0, 0.05) is 30.8 Å². The van der Waals surface area contributed by atoms with E-state index in [0.717, 1.165) is 0 Å². The highest BCUT2D eigenvalue weighted by molar-refractivity contribution is 6.05. The van der Waals surface area contributed by atoms with Crippen LogP contribution in [0.1, 0.15) is 37.0 Å². The lowest BCUT2D eigenvalue weighted by atomic mass is 9.97. The summed E-state index contributed by atoms with van der Waals surface area (Å²) < 4.78 is 11.3. The Labute approximate surface area is 169 Å². The van der Waals surface area contributed by atoms with Crippen molar-refractivity contribution >= 4 is 28.6 Å². The molecule has 0 aliphatic heterocycles. The van der Waals surface area contributed by atoms with Crippen LogP contribution in [0.3, 0.4) is 0 Å². The maximum Gasteiger partial charge on any atom is 0.259 e. The second kappa shape index (κ2) is 7.95. The summed E-state index contributed by atoms with van der Waals surface area (Å²) in [5.41, 5.74) is 2.21. The Hall–Kier alpha value is -3.35. The summed E-state index contributed by atoms with van der Waals surface area (Å²) in [6, 6.07) is 12.0. The third-order valence-corrected chi connectivity index (χ3v) is 4.24. The first-order valence-corrected chi connectivity index (χ1v) is 9.29. The van der Waals surface area contributed by atoms with E-state index in [0.29, 0.717) is 34.0 Å². The molecule has 1 N–H and O–H groups in total. The van der Waals surface area contributed by atoms with E-state index in [9.17, 15) is 9.59 Å². The lowest BCUT2D eigenvalue weighted by Gasteiger charge is -2.12. The maximum atomic E-state index is 12.6. The van der Waals surface area contributed by atoms with E-state index in [1.54, 1.807) is 56.6 Å². The number of oxazole rings is 1. The van der Waals surface area contributed by atoms with Gasteiger partial charge in [-0.05, 0) is 36.4 Å². The zero-order valence-electron chi connectivity index (χ0n) is 17.3. The number of hydrogen-bond donors (Lipinski definition) is 1. The van der Waals surface area contributed by atoms with Crippen LogP contribution >= 0.6 is 0 Å². The average Bonchev–Trinajstić information content (AvgIpc) is 3.10. The quantitative estimate of drug-likeness (QED) is 0.709. The van der Waals surface area contributed by atoms with Crippen LogP contribution < -0.4 is 10.1 Å². The van der Waals surface area contributed by atoms with Crippen molar-refractivity contribution in [2.24, 2.45) is 0 Å². The van der Waals surface area contributed by atoms with Crippen molar-refractivity contribution in [3.8, 4) is 5.75 Å². The fraction of sp³-hybridized carbons (Fsp3) is 0.318. The Morgan fingerprint density at radius 3 is 2.59 bits per heavy atom. The molecule has 0 radical (unpaired) electrons. The summed E-state index contributed by atoms with van der Waals surface area (Å²) in [7, 11) is 3.32. The first-order chi connectivity index (χ1) is 13.6. The minimum absolute atomic E-state index is 0.0863. The van der Waals surface area contributed by atoms with Gasteiger partial charge in [0.2, 0.25) is 5.89 Å². The van der Waals surface area contributed by atoms with Crippen molar-refractivity contribution in [3.63, 3.8) is 0 Å². The lowest BCUT2D eigenvalue weighted by Crippen LogP contribution is -2.27. The first-order valence-electron chi connectivity index (χ1n) is 9.29. The van der Waals surface area contributed by atoms with E-state index in [1.807, 2.05) is 20.8 Å². The number of amides is 2. The lowest BCUT2D eigenvalue weighted by molar-refractivity contribution is -0.130. The molecule has 2 aromatic carbocycles. The molecule has 1 aromatic heterocycles. The van der Waals surface area contributed by atoms with Crippen molar-refractivity contribution < 1.29 is 18.7 Å². The number of benzene rings is 2. The van der Waals surface area contributed by atoms with Crippen molar-refractivity contribution in [1.82, 2.24) is 9.88 Å². The Balaban J connectivity index is 1.73. The minimum atomic E-state index is -0.284. The smallest absolute Gasteiger partial charge is 0.259 e. The second-order valence-corrected chi connectivity index (χ2v) is 8.01. The van der Waals surface area contributed by atoms with Crippen LogP contribution in [0.25, 0.3) is 11.1 Å². The highest BCUT2D eigenvalue weighted by Gasteiger charge is 2.21. The summed E-state index contributed by atoms with van der Waals surface area (Å²) >= 11 is 0. The van der Waals surface area contributed by atoms with Crippen molar-refractivity contribution in [3.05, 3.63) is 53.9 Å². The van der Waals surface area contributed by atoms with E-state index in [4.69, 9.17) is 9.15 Å². The molecule has 0 atom stereocenters. The molecule has 1 heterocycles. The molecule has 0 spiro atoms. The molecule has 3 aromatic rings. The molecule has 0 saturated heterocycles. The normalized spacial score (nSPS) is 11.3. The Morgan fingerprint density at radius 1 is 1.14 bits per heavy atom. The highest BCUT2D eigenvalue weighted by atomic mass is 16.5. The molecule has 0 bridgehead atoms. The number of rotatable bonds is 5. The molecule has 0 unspecified atom stereocenters. The number of aromatic nitrogens is 1. The molecular formula is C22H25N3O4. The summed E-state index contributed by atoms with van der Waals surface area (Å²) in [5, 5.41) is 2.86. The van der Waals surface area contributed by atoms with Gasteiger partial charge in [-0.3, -0.25) is 9.59 Å². The minimum Gasteiger partial charge on any atom is -0.484 e. The topological polar surface area (TPSA) is 84.7 Å². The van der Waals surface area contributed by atoms with Gasteiger partial charge >= 0.3 is 0 Å². The van der Waals surface area contributed by atoms with E-state index in [-0.39, 0.29) is 23.8 Å². The van der Waals surface area contributed by atoms with Crippen molar-refractivity contribution in [2.45, 2.75) is 26.2 Å². The number of carbonyl (C=O) groups excluding carboxylic acids is 2. The van der Waals surface area contributed by atoms with Crippen molar-refractivity contribution in [1.29, 1.82) is 0 Å².